The Kier molecular flexibility index (Phi) is 3.62. The molecule has 2 aromatic heterocycles. The highest BCUT2D eigenvalue weighted by molar-refractivity contribution is 5.94. The predicted molar refractivity (Wildman–Crippen MR) is 109 cm³/mol. The van der Waals surface area contributed by atoms with Crippen molar-refractivity contribution in [2.45, 2.75) is 0 Å². The molecule has 0 amide bonds. The van der Waals surface area contributed by atoms with Crippen LogP contribution in [0.15, 0.2) is 82.4 Å². The van der Waals surface area contributed by atoms with Crippen molar-refractivity contribution in [1.82, 2.24) is 19.9 Å². The Labute approximate surface area is 158 Å². The van der Waals surface area contributed by atoms with E-state index in [9.17, 15) is 9.59 Å². The fraction of sp³-hybridized carbons (Fsp3) is 0. The molecule has 0 radical (unpaired) electrons. The minimum Gasteiger partial charge on any atom is -0.305 e. The first-order chi connectivity index (χ1) is 13.7. The first-order valence-corrected chi connectivity index (χ1v) is 8.78. The zero-order chi connectivity index (χ0) is 19.1. The smallest absolute Gasteiger partial charge is 0.305 e. The number of nitrogens with one attached hydrogen (secondary N) is 2. The molecule has 0 spiro atoms. The quantitative estimate of drug-likeness (QED) is 0.500. The van der Waals surface area contributed by atoms with Crippen LogP contribution in [0.2, 0.25) is 0 Å². The summed E-state index contributed by atoms with van der Waals surface area (Å²) in [4.78, 5) is 37.7. The maximum atomic E-state index is 11.9. The summed E-state index contributed by atoms with van der Waals surface area (Å²) in [6.07, 6.45) is 0. The van der Waals surface area contributed by atoms with Crippen LogP contribution in [0.1, 0.15) is 0 Å². The van der Waals surface area contributed by atoms with E-state index in [1.54, 1.807) is 0 Å². The Morgan fingerprint density at radius 3 is 1.36 bits per heavy atom. The van der Waals surface area contributed by atoms with Crippen LogP contribution in [-0.2, 0) is 0 Å². The number of aromatic nitrogens is 4. The molecule has 0 fully saturated rings. The van der Waals surface area contributed by atoms with Crippen LogP contribution in [0.3, 0.4) is 0 Å². The largest absolute Gasteiger partial charge is 0.345 e. The Morgan fingerprint density at radius 1 is 0.536 bits per heavy atom. The van der Waals surface area contributed by atoms with E-state index in [0.29, 0.717) is 11.4 Å². The minimum atomic E-state index is -0.389. The lowest BCUT2D eigenvalue weighted by atomic mass is 10.0. The number of hydrogen-bond donors (Lipinski definition) is 2. The lowest BCUT2D eigenvalue weighted by Gasteiger charge is -2.08. The molecule has 2 heterocycles. The highest BCUT2D eigenvalue weighted by Gasteiger charge is 2.10. The number of aromatic amines is 2. The molecule has 5 rings (SSSR count). The first kappa shape index (κ1) is 16.1. The first-order valence-electron chi connectivity index (χ1n) is 8.78. The second kappa shape index (κ2) is 6.28. The Bertz CT molecular complexity index is 1340. The van der Waals surface area contributed by atoms with Gasteiger partial charge in [-0.3, -0.25) is 0 Å². The standard InChI is InChI=1S/C22H14N4O2/c27-21-23-17-7-3-1-5-15(17)19(25-21)13-9-11-14(12-10-13)20-16-6-2-4-8-18(16)24-22(28)26-20/h1-12H,(H,23,25,27)(H,24,26,28). The van der Waals surface area contributed by atoms with E-state index in [1.807, 2.05) is 72.8 Å². The molecule has 3 aromatic carbocycles. The van der Waals surface area contributed by atoms with Gasteiger partial charge in [0.15, 0.2) is 0 Å². The van der Waals surface area contributed by atoms with Crippen LogP contribution in [0.5, 0.6) is 0 Å². The third-order valence-electron chi connectivity index (χ3n) is 4.71. The molecule has 0 saturated heterocycles. The van der Waals surface area contributed by atoms with Crippen LogP contribution in [0.4, 0.5) is 0 Å². The molecule has 0 bridgehead atoms. The third kappa shape index (κ3) is 2.68. The maximum Gasteiger partial charge on any atom is 0.345 e. The molecule has 5 aromatic rings. The van der Waals surface area contributed by atoms with Gasteiger partial charge in [-0.1, -0.05) is 60.7 Å². The molecule has 6 heteroatoms. The van der Waals surface area contributed by atoms with Gasteiger partial charge in [0.1, 0.15) is 0 Å². The highest BCUT2D eigenvalue weighted by atomic mass is 16.1. The van der Waals surface area contributed by atoms with Crippen molar-refractivity contribution in [1.29, 1.82) is 0 Å². The van der Waals surface area contributed by atoms with Crippen molar-refractivity contribution >= 4 is 21.8 Å². The van der Waals surface area contributed by atoms with Crippen LogP contribution in [0.25, 0.3) is 44.3 Å². The Hall–Kier alpha value is -4.06. The van der Waals surface area contributed by atoms with Crippen molar-refractivity contribution in [3.8, 4) is 22.5 Å². The average Bonchev–Trinajstić information content (AvgIpc) is 2.72. The van der Waals surface area contributed by atoms with Gasteiger partial charge in [0.05, 0.1) is 22.4 Å². The van der Waals surface area contributed by atoms with Crippen LogP contribution in [-0.4, -0.2) is 19.9 Å². The van der Waals surface area contributed by atoms with Crippen LogP contribution < -0.4 is 11.4 Å². The summed E-state index contributed by atoms with van der Waals surface area (Å²) in [6.45, 7) is 0. The van der Waals surface area contributed by atoms with Gasteiger partial charge in [-0.2, -0.15) is 9.97 Å². The number of rotatable bonds is 2. The summed E-state index contributed by atoms with van der Waals surface area (Å²) in [7, 11) is 0. The highest BCUT2D eigenvalue weighted by Crippen LogP contribution is 2.28. The van der Waals surface area contributed by atoms with Crippen LogP contribution in [0, 0.1) is 0 Å². The number of fused-ring (bicyclic) bond motifs is 2. The van der Waals surface area contributed by atoms with E-state index in [2.05, 4.69) is 19.9 Å². The number of para-hydroxylation sites is 2. The zero-order valence-corrected chi connectivity index (χ0v) is 14.6. The molecule has 6 nitrogen and oxygen atoms in total. The molecule has 0 atom stereocenters. The van der Waals surface area contributed by atoms with Crippen molar-refractivity contribution in [3.05, 3.63) is 93.8 Å². The summed E-state index contributed by atoms with van der Waals surface area (Å²) in [5.41, 5.74) is 3.58. The predicted octanol–water partition coefficient (Wildman–Crippen LogP) is 3.49. The molecule has 0 saturated carbocycles. The fourth-order valence-electron chi connectivity index (χ4n) is 3.43. The molecule has 2 N–H and O–H groups in total. The maximum absolute atomic E-state index is 11.9. The van der Waals surface area contributed by atoms with E-state index in [-0.39, 0.29) is 11.4 Å². The van der Waals surface area contributed by atoms with Gasteiger partial charge in [-0.15, -0.1) is 0 Å². The van der Waals surface area contributed by atoms with Gasteiger partial charge in [-0.05, 0) is 12.1 Å². The molecule has 134 valence electrons. The summed E-state index contributed by atoms with van der Waals surface area (Å²) in [6, 6.07) is 22.7. The van der Waals surface area contributed by atoms with Crippen molar-refractivity contribution < 1.29 is 0 Å². The fourth-order valence-corrected chi connectivity index (χ4v) is 3.43. The summed E-state index contributed by atoms with van der Waals surface area (Å²) in [5, 5.41) is 1.74. The number of benzene rings is 3. The number of nitrogens with zero attached hydrogens (tertiary/aromatic N) is 2. The lowest BCUT2D eigenvalue weighted by Crippen LogP contribution is -2.11. The summed E-state index contributed by atoms with van der Waals surface area (Å²) in [5.74, 6) is 0. The van der Waals surface area contributed by atoms with Gasteiger partial charge < -0.3 is 9.97 Å². The van der Waals surface area contributed by atoms with Gasteiger partial charge in [0.2, 0.25) is 0 Å². The Balaban J connectivity index is 1.68. The van der Waals surface area contributed by atoms with E-state index in [4.69, 9.17) is 0 Å². The molecular formula is C22H14N4O2. The van der Waals surface area contributed by atoms with E-state index in [1.165, 1.54) is 0 Å². The second-order valence-electron chi connectivity index (χ2n) is 6.45. The Morgan fingerprint density at radius 2 is 0.929 bits per heavy atom. The van der Waals surface area contributed by atoms with Crippen molar-refractivity contribution in [3.63, 3.8) is 0 Å². The molecule has 28 heavy (non-hydrogen) atoms. The number of hydrogen-bond acceptors (Lipinski definition) is 4. The zero-order valence-electron chi connectivity index (χ0n) is 14.6. The third-order valence-corrected chi connectivity index (χ3v) is 4.71. The summed E-state index contributed by atoms with van der Waals surface area (Å²) < 4.78 is 0. The second-order valence-corrected chi connectivity index (χ2v) is 6.45. The average molecular weight is 366 g/mol. The van der Waals surface area contributed by atoms with E-state index < -0.39 is 0 Å². The molecular weight excluding hydrogens is 352 g/mol. The van der Waals surface area contributed by atoms with Crippen LogP contribution >= 0.6 is 0 Å². The van der Waals surface area contributed by atoms with E-state index >= 15 is 0 Å². The minimum absolute atomic E-state index is 0.389. The summed E-state index contributed by atoms with van der Waals surface area (Å²) >= 11 is 0. The lowest BCUT2D eigenvalue weighted by molar-refractivity contribution is 1.12. The molecule has 0 aliphatic heterocycles. The molecule has 0 aliphatic carbocycles. The molecule has 0 aliphatic rings. The SMILES string of the molecule is O=c1nc(-c2ccc(-c3nc(=O)[nH]c4ccccc34)cc2)c2ccccc2[nH]1. The molecule has 0 unspecified atom stereocenters. The van der Waals surface area contributed by atoms with Gasteiger partial charge >= 0.3 is 11.4 Å². The number of H-pyrrole nitrogens is 2. The van der Waals surface area contributed by atoms with Gasteiger partial charge in [0, 0.05) is 21.9 Å². The van der Waals surface area contributed by atoms with Gasteiger partial charge in [0.25, 0.3) is 0 Å². The topological polar surface area (TPSA) is 91.5 Å². The normalized spacial score (nSPS) is 11.1. The van der Waals surface area contributed by atoms with Gasteiger partial charge in [-0.25, -0.2) is 9.59 Å². The van der Waals surface area contributed by atoms with Crippen molar-refractivity contribution in [2.75, 3.05) is 0 Å². The monoisotopic (exact) mass is 366 g/mol. The van der Waals surface area contributed by atoms with Crippen molar-refractivity contribution in [2.24, 2.45) is 0 Å². The van der Waals surface area contributed by atoms with E-state index in [0.717, 1.165) is 32.9 Å².